The third kappa shape index (κ3) is 19.3. The third-order valence-corrected chi connectivity index (χ3v) is 13.9. The van der Waals surface area contributed by atoms with Crippen molar-refractivity contribution in [2.75, 3.05) is 26.4 Å². The second kappa shape index (κ2) is 33.1. The molecule has 0 aliphatic carbocycles. The van der Waals surface area contributed by atoms with Crippen molar-refractivity contribution >= 4 is 11.3 Å². The van der Waals surface area contributed by atoms with E-state index in [1.54, 1.807) is 24.5 Å². The molecule has 0 aliphatic heterocycles. The average molecular weight is 1070 g/mol. The van der Waals surface area contributed by atoms with Gasteiger partial charge in [0, 0.05) is 70.0 Å². The van der Waals surface area contributed by atoms with Crippen LogP contribution in [0, 0.1) is 58.7 Å². The number of ether oxygens (including phenoxy) is 4. The molecule has 0 saturated heterocycles. The van der Waals surface area contributed by atoms with Crippen molar-refractivity contribution in [1.29, 1.82) is 5.26 Å². The summed E-state index contributed by atoms with van der Waals surface area (Å²) in [5.41, 5.74) is 8.83. The largest absolute Gasteiger partial charge is 0.492 e. The zero-order chi connectivity index (χ0) is 55.1. The van der Waals surface area contributed by atoms with Crippen LogP contribution in [0.3, 0.4) is 0 Å². The molecule has 0 aliphatic rings. The van der Waals surface area contributed by atoms with E-state index in [9.17, 15) is 5.26 Å². The second-order valence-corrected chi connectivity index (χ2v) is 20.3. The summed E-state index contributed by atoms with van der Waals surface area (Å²) in [6.45, 7) is 11.2. The summed E-state index contributed by atoms with van der Waals surface area (Å²) in [6, 6.07) is 37.4. The maximum atomic E-state index is 9.46. The summed E-state index contributed by atoms with van der Waals surface area (Å²) in [5, 5.41) is 20.3. The van der Waals surface area contributed by atoms with Gasteiger partial charge in [0.2, 0.25) is 0 Å². The predicted octanol–water partition coefficient (Wildman–Crippen LogP) is 16.6. The molecule has 0 N–H and O–H groups in total. The van der Waals surface area contributed by atoms with E-state index in [4.69, 9.17) is 18.9 Å². The van der Waals surface area contributed by atoms with Gasteiger partial charge in [0.15, 0.2) is 0 Å². The van der Waals surface area contributed by atoms with E-state index in [1.165, 1.54) is 24.2 Å². The zero-order valence-electron chi connectivity index (χ0n) is 46.5. The molecule has 2 aromatic heterocycles. The van der Waals surface area contributed by atoms with Gasteiger partial charge in [0.1, 0.15) is 33.0 Å². The van der Waals surface area contributed by atoms with Gasteiger partial charge in [-0.25, -0.2) is 0 Å². The normalized spacial score (nSPS) is 10.4. The Morgan fingerprint density at radius 2 is 0.709 bits per heavy atom. The molecule has 0 radical (unpaired) electrons. The van der Waals surface area contributed by atoms with Crippen molar-refractivity contribution in [2.24, 2.45) is 0 Å². The van der Waals surface area contributed by atoms with Crippen LogP contribution < -0.4 is 18.9 Å². The third-order valence-electron chi connectivity index (χ3n) is 12.9. The van der Waals surface area contributed by atoms with E-state index in [-0.39, 0.29) is 0 Å². The minimum atomic E-state index is 0.567. The minimum Gasteiger partial charge on any atom is -0.492 e. The van der Waals surface area contributed by atoms with Gasteiger partial charge in [-0.2, -0.15) is 5.26 Å². The fourth-order valence-corrected chi connectivity index (χ4v) is 9.20. The van der Waals surface area contributed by atoms with Crippen LogP contribution in [0.25, 0.3) is 21.1 Å². The Balaban J connectivity index is 1.09. The van der Waals surface area contributed by atoms with Gasteiger partial charge < -0.3 is 18.9 Å². The minimum absolute atomic E-state index is 0.567. The standard InChI is InChI=1S/C70H72N4O4S/c1-5-9-13-17-44-75-65-51-63(38-30-56-40-42-72-43-41-56)66(76-45-18-14-10-6-2)49-61(65)36-28-54-24-32-59(33-25-54)69-73-74-70(79-69)60-34-26-55(27-35-60)29-37-62-50-68(78-47-20-16-12-8-4)64(52-67(62)77-46-19-15-11-7-3)39-31-57-22-21-23-58(48-57)53-71/h21-27,32-35,40-43,48-52H,5-20,44-47H2,1-4H3. The molecule has 0 atom stereocenters. The van der Waals surface area contributed by atoms with Crippen molar-refractivity contribution in [3.63, 3.8) is 0 Å². The molecule has 7 aromatic rings. The van der Waals surface area contributed by atoms with E-state index < -0.39 is 0 Å². The lowest BCUT2D eigenvalue weighted by molar-refractivity contribution is 0.295. The van der Waals surface area contributed by atoms with Crippen LogP contribution in [-0.2, 0) is 0 Å². The van der Waals surface area contributed by atoms with Crippen LogP contribution in [-0.4, -0.2) is 41.6 Å². The average Bonchev–Trinajstić information content (AvgIpc) is 3.99. The second-order valence-electron chi connectivity index (χ2n) is 19.3. The fourth-order valence-electron chi connectivity index (χ4n) is 8.34. The quantitative estimate of drug-likeness (QED) is 0.0391. The molecular formula is C70H72N4O4S. The zero-order valence-corrected chi connectivity index (χ0v) is 47.3. The van der Waals surface area contributed by atoms with Crippen molar-refractivity contribution in [3.8, 4) is 97.6 Å². The van der Waals surface area contributed by atoms with Gasteiger partial charge in [-0.15, -0.1) is 10.2 Å². The van der Waals surface area contributed by atoms with Crippen molar-refractivity contribution < 1.29 is 18.9 Å². The molecule has 0 amide bonds. The Morgan fingerprint density at radius 1 is 0.367 bits per heavy atom. The first-order valence-electron chi connectivity index (χ1n) is 28.4. The summed E-state index contributed by atoms with van der Waals surface area (Å²) in [4.78, 5) is 4.14. The SMILES string of the molecule is CCCCCCOc1cc(C#Cc2ccc(-c3nnc(-c4ccc(C#Cc5cc(OCCCCCC)c(C#Cc6cccc(C#N)c6)cc5OCCCCCC)cc4)s3)cc2)c(OCCCCCC)cc1C#Cc1ccncc1. The number of nitriles is 1. The molecular weight excluding hydrogens is 993 g/mol. The highest BCUT2D eigenvalue weighted by atomic mass is 32.1. The number of hydrogen-bond acceptors (Lipinski definition) is 9. The first-order valence-corrected chi connectivity index (χ1v) is 29.2. The lowest BCUT2D eigenvalue weighted by Crippen LogP contribution is -2.03. The first-order chi connectivity index (χ1) is 39.0. The van der Waals surface area contributed by atoms with Crippen LogP contribution in [0.15, 0.2) is 122 Å². The summed E-state index contributed by atoms with van der Waals surface area (Å²) in [7, 11) is 0. The molecule has 7 rings (SSSR count). The lowest BCUT2D eigenvalue weighted by Gasteiger charge is -2.14. The first kappa shape index (κ1) is 58.4. The number of hydrogen-bond donors (Lipinski definition) is 0. The van der Waals surface area contributed by atoms with E-state index in [1.807, 2.05) is 97.1 Å². The van der Waals surface area contributed by atoms with Crippen LogP contribution >= 0.6 is 11.3 Å². The highest BCUT2D eigenvalue weighted by Gasteiger charge is 2.14. The number of rotatable bonds is 26. The molecule has 402 valence electrons. The number of aromatic nitrogens is 3. The van der Waals surface area contributed by atoms with Crippen LogP contribution in [0.5, 0.6) is 23.0 Å². The maximum Gasteiger partial charge on any atom is 0.148 e. The van der Waals surface area contributed by atoms with Gasteiger partial charge in [-0.1, -0.05) is 194 Å². The molecule has 0 bridgehead atoms. The topological polar surface area (TPSA) is 99.4 Å². The Labute approximate surface area is 474 Å². The number of nitrogens with zero attached hydrogens (tertiary/aromatic N) is 4. The van der Waals surface area contributed by atoms with Crippen molar-refractivity contribution in [3.05, 3.63) is 172 Å². The fraction of sp³-hybridized carbons (Fsp3) is 0.343. The Kier molecular flexibility index (Phi) is 24.5. The Morgan fingerprint density at radius 3 is 1.06 bits per heavy atom. The lowest BCUT2D eigenvalue weighted by atomic mass is 10.1. The van der Waals surface area contributed by atoms with Gasteiger partial charge in [0.25, 0.3) is 0 Å². The van der Waals surface area contributed by atoms with Gasteiger partial charge in [-0.05, 0) is 80.3 Å². The van der Waals surface area contributed by atoms with Gasteiger partial charge >= 0.3 is 0 Å². The van der Waals surface area contributed by atoms with Crippen LogP contribution in [0.4, 0.5) is 0 Å². The van der Waals surface area contributed by atoms with Gasteiger partial charge in [-0.3, -0.25) is 4.98 Å². The number of benzene rings is 5. The molecule has 0 spiro atoms. The number of unbranched alkanes of at least 4 members (excludes halogenated alkanes) is 12. The van der Waals surface area contributed by atoms with Crippen molar-refractivity contribution in [2.45, 2.75) is 130 Å². The summed E-state index contributed by atoms with van der Waals surface area (Å²) in [6.07, 6.45) is 21.0. The monoisotopic (exact) mass is 1060 g/mol. The molecule has 5 aromatic carbocycles. The molecule has 2 heterocycles. The molecule has 0 fully saturated rings. The Hall–Kier alpha value is -8.26. The molecule has 9 heteroatoms. The molecule has 79 heavy (non-hydrogen) atoms. The highest BCUT2D eigenvalue weighted by molar-refractivity contribution is 7.17. The van der Waals surface area contributed by atoms with E-state index in [0.29, 0.717) is 55.0 Å². The summed E-state index contributed by atoms with van der Waals surface area (Å²) < 4.78 is 25.7. The van der Waals surface area contributed by atoms with Gasteiger partial charge in [0.05, 0.1) is 60.3 Å². The molecule has 8 nitrogen and oxygen atoms in total. The Bertz CT molecular complexity index is 3330. The van der Waals surface area contributed by atoms with Crippen LogP contribution in [0.1, 0.15) is 180 Å². The number of pyridine rings is 1. The smallest absolute Gasteiger partial charge is 0.148 e. The molecule has 0 saturated carbocycles. The predicted molar refractivity (Wildman–Crippen MR) is 322 cm³/mol. The van der Waals surface area contributed by atoms with E-state index in [2.05, 4.69) is 96.3 Å². The van der Waals surface area contributed by atoms with E-state index in [0.717, 1.165) is 156 Å². The van der Waals surface area contributed by atoms with Crippen molar-refractivity contribution in [1.82, 2.24) is 15.2 Å². The van der Waals surface area contributed by atoms with E-state index >= 15 is 0 Å². The molecule has 0 unspecified atom stereocenters. The highest BCUT2D eigenvalue weighted by Crippen LogP contribution is 2.33. The van der Waals surface area contributed by atoms with Crippen LogP contribution in [0.2, 0.25) is 0 Å². The maximum absolute atomic E-state index is 9.46. The summed E-state index contributed by atoms with van der Waals surface area (Å²) >= 11 is 1.54. The summed E-state index contributed by atoms with van der Waals surface area (Å²) in [5.74, 6) is 29.5.